The van der Waals surface area contributed by atoms with E-state index in [-0.39, 0.29) is 12.3 Å². The zero-order valence-electron chi connectivity index (χ0n) is 13.4. The normalized spacial score (nSPS) is 11.2. The van der Waals surface area contributed by atoms with Crippen LogP contribution in [0, 0.1) is 18.8 Å². The van der Waals surface area contributed by atoms with Crippen LogP contribution in [0.1, 0.15) is 36.0 Å². The van der Waals surface area contributed by atoms with Gasteiger partial charge in [-0.3, -0.25) is 4.79 Å². The summed E-state index contributed by atoms with van der Waals surface area (Å²) in [5.74, 6) is 5.36. The average molecular weight is 308 g/mol. The molecule has 0 saturated heterocycles. The Morgan fingerprint density at radius 1 is 1.17 bits per heavy atom. The maximum atomic E-state index is 10.9. The molecule has 0 radical (unpaired) electrons. The summed E-state index contributed by atoms with van der Waals surface area (Å²) in [6.07, 6.45) is 0.00422. The van der Waals surface area contributed by atoms with Gasteiger partial charge in [-0.15, -0.1) is 5.92 Å². The van der Waals surface area contributed by atoms with E-state index in [0.717, 1.165) is 16.9 Å². The summed E-state index contributed by atoms with van der Waals surface area (Å²) < 4.78 is 5.80. The Morgan fingerprint density at radius 3 is 2.48 bits per heavy atom. The number of aliphatic carboxylic acids is 1. The summed E-state index contributed by atoms with van der Waals surface area (Å²) in [6, 6.07) is 15.6. The highest BCUT2D eigenvalue weighted by Gasteiger charge is 2.13. The van der Waals surface area contributed by atoms with Gasteiger partial charge >= 0.3 is 5.97 Å². The molecule has 0 aliphatic rings. The van der Waals surface area contributed by atoms with E-state index in [1.807, 2.05) is 42.5 Å². The van der Waals surface area contributed by atoms with Gasteiger partial charge in [-0.1, -0.05) is 42.3 Å². The first-order valence-electron chi connectivity index (χ1n) is 7.51. The fourth-order valence-corrected chi connectivity index (χ4v) is 2.33. The van der Waals surface area contributed by atoms with Crippen LogP contribution in [0.15, 0.2) is 48.5 Å². The Hall–Kier alpha value is -2.73. The standard InChI is InChI=1S/C20H20O3/c1-3-6-17(13-20(21)22)16-9-11-19(12-10-16)23-14-18-8-5-4-7-15(18)2/h4-5,7-12,17H,13-14H2,1-2H3,(H,21,22)/t17-/m0/s1. The minimum Gasteiger partial charge on any atom is -0.489 e. The molecule has 3 nitrogen and oxygen atoms in total. The molecule has 2 aromatic rings. The number of benzene rings is 2. The number of carbonyl (C=O) groups is 1. The largest absolute Gasteiger partial charge is 0.489 e. The van der Waals surface area contributed by atoms with E-state index in [2.05, 4.69) is 24.8 Å². The van der Waals surface area contributed by atoms with E-state index < -0.39 is 5.97 Å². The number of carboxylic acid groups (broad SMARTS) is 1. The molecule has 0 aliphatic heterocycles. The molecule has 0 bridgehead atoms. The van der Waals surface area contributed by atoms with Gasteiger partial charge in [-0.25, -0.2) is 0 Å². The van der Waals surface area contributed by atoms with Crippen LogP contribution in [0.5, 0.6) is 5.75 Å². The number of aryl methyl sites for hydroxylation is 1. The highest BCUT2D eigenvalue weighted by atomic mass is 16.5. The molecule has 3 heteroatoms. The Morgan fingerprint density at radius 2 is 1.87 bits per heavy atom. The molecule has 0 heterocycles. The summed E-state index contributed by atoms with van der Waals surface area (Å²) in [6.45, 7) is 4.29. The molecule has 0 fully saturated rings. The maximum absolute atomic E-state index is 10.9. The number of rotatable bonds is 6. The van der Waals surface area contributed by atoms with Gasteiger partial charge in [0.2, 0.25) is 0 Å². The Labute approximate surface area is 136 Å². The van der Waals surface area contributed by atoms with Gasteiger partial charge in [0, 0.05) is 0 Å². The van der Waals surface area contributed by atoms with Crippen molar-refractivity contribution in [2.75, 3.05) is 0 Å². The SMILES string of the molecule is CC#C[C@@H](CC(=O)O)c1ccc(OCc2ccccc2C)cc1. The highest BCUT2D eigenvalue weighted by molar-refractivity contribution is 5.69. The fraction of sp³-hybridized carbons (Fsp3) is 0.250. The summed E-state index contributed by atoms with van der Waals surface area (Å²) in [7, 11) is 0. The maximum Gasteiger partial charge on any atom is 0.304 e. The molecule has 1 N–H and O–H groups in total. The van der Waals surface area contributed by atoms with Gasteiger partial charge in [0.25, 0.3) is 0 Å². The second-order valence-electron chi connectivity index (χ2n) is 5.33. The van der Waals surface area contributed by atoms with E-state index in [1.54, 1.807) is 6.92 Å². The third-order valence-electron chi connectivity index (χ3n) is 3.64. The van der Waals surface area contributed by atoms with Crippen LogP contribution in [0.3, 0.4) is 0 Å². The third kappa shape index (κ3) is 4.89. The summed E-state index contributed by atoms with van der Waals surface area (Å²) in [5.41, 5.74) is 3.24. The van der Waals surface area contributed by atoms with Crippen LogP contribution in [-0.2, 0) is 11.4 Å². The number of carboxylic acids is 1. The van der Waals surface area contributed by atoms with Crippen LogP contribution in [-0.4, -0.2) is 11.1 Å². The lowest BCUT2D eigenvalue weighted by Crippen LogP contribution is -2.04. The van der Waals surface area contributed by atoms with Gasteiger partial charge < -0.3 is 9.84 Å². The second-order valence-corrected chi connectivity index (χ2v) is 5.33. The monoisotopic (exact) mass is 308 g/mol. The summed E-state index contributed by atoms with van der Waals surface area (Å²) >= 11 is 0. The van der Waals surface area contributed by atoms with Crippen molar-refractivity contribution in [1.82, 2.24) is 0 Å². The zero-order chi connectivity index (χ0) is 16.7. The molecule has 0 aliphatic carbocycles. The number of hydrogen-bond acceptors (Lipinski definition) is 2. The van der Waals surface area contributed by atoms with Gasteiger partial charge in [-0.2, -0.15) is 0 Å². The number of hydrogen-bond donors (Lipinski definition) is 1. The van der Waals surface area contributed by atoms with Crippen molar-refractivity contribution in [1.29, 1.82) is 0 Å². The predicted octanol–water partition coefficient (Wildman–Crippen LogP) is 4.16. The lowest BCUT2D eigenvalue weighted by Gasteiger charge is -2.11. The van der Waals surface area contributed by atoms with Gasteiger partial charge in [0.15, 0.2) is 0 Å². The van der Waals surface area contributed by atoms with E-state index in [9.17, 15) is 4.79 Å². The molecule has 118 valence electrons. The van der Waals surface area contributed by atoms with Crippen molar-refractivity contribution in [2.24, 2.45) is 0 Å². The lowest BCUT2D eigenvalue weighted by molar-refractivity contribution is -0.137. The lowest BCUT2D eigenvalue weighted by atomic mass is 9.96. The van der Waals surface area contributed by atoms with Gasteiger partial charge in [0.05, 0.1) is 12.3 Å². The molecule has 0 saturated carbocycles. The first-order valence-corrected chi connectivity index (χ1v) is 7.51. The fourth-order valence-electron chi connectivity index (χ4n) is 2.33. The van der Waals surface area contributed by atoms with Crippen LogP contribution in [0.25, 0.3) is 0 Å². The van der Waals surface area contributed by atoms with E-state index in [0.29, 0.717) is 6.61 Å². The topological polar surface area (TPSA) is 46.5 Å². The molecule has 0 aromatic heterocycles. The first-order chi connectivity index (χ1) is 11.1. The van der Waals surface area contributed by atoms with Crippen molar-refractivity contribution in [3.63, 3.8) is 0 Å². The smallest absolute Gasteiger partial charge is 0.304 e. The summed E-state index contributed by atoms with van der Waals surface area (Å²) in [5, 5.41) is 8.97. The van der Waals surface area contributed by atoms with Crippen LogP contribution in [0.2, 0.25) is 0 Å². The second kappa shape index (κ2) is 8.05. The zero-order valence-corrected chi connectivity index (χ0v) is 13.4. The molecule has 0 amide bonds. The molecule has 0 spiro atoms. The highest BCUT2D eigenvalue weighted by Crippen LogP contribution is 2.23. The minimum absolute atomic E-state index is 0.00422. The molecule has 23 heavy (non-hydrogen) atoms. The van der Waals surface area contributed by atoms with Crippen LogP contribution in [0.4, 0.5) is 0 Å². The van der Waals surface area contributed by atoms with Gasteiger partial charge in [-0.05, 0) is 42.7 Å². The number of ether oxygens (including phenoxy) is 1. The van der Waals surface area contributed by atoms with Gasteiger partial charge in [0.1, 0.15) is 12.4 Å². The van der Waals surface area contributed by atoms with Crippen molar-refractivity contribution in [2.45, 2.75) is 32.8 Å². The van der Waals surface area contributed by atoms with Crippen LogP contribution >= 0.6 is 0 Å². The van der Waals surface area contributed by atoms with E-state index >= 15 is 0 Å². The first kappa shape index (κ1) is 16.6. The van der Waals surface area contributed by atoms with Crippen molar-refractivity contribution in [3.05, 3.63) is 65.2 Å². The Kier molecular flexibility index (Phi) is 5.82. The molecule has 1 atom stereocenters. The van der Waals surface area contributed by atoms with E-state index in [1.165, 1.54) is 5.56 Å². The Balaban J connectivity index is 2.04. The van der Waals surface area contributed by atoms with E-state index in [4.69, 9.17) is 9.84 Å². The Bertz CT molecular complexity index is 721. The van der Waals surface area contributed by atoms with Crippen molar-refractivity contribution in [3.8, 4) is 17.6 Å². The average Bonchev–Trinajstić information content (AvgIpc) is 2.54. The quantitative estimate of drug-likeness (QED) is 0.815. The predicted molar refractivity (Wildman–Crippen MR) is 90.4 cm³/mol. The molecular formula is C20H20O3. The minimum atomic E-state index is -0.849. The molecule has 0 unspecified atom stereocenters. The molecule has 2 aromatic carbocycles. The summed E-state index contributed by atoms with van der Waals surface area (Å²) in [4.78, 5) is 10.9. The van der Waals surface area contributed by atoms with Crippen molar-refractivity contribution >= 4 is 5.97 Å². The third-order valence-corrected chi connectivity index (χ3v) is 3.64. The molecular weight excluding hydrogens is 288 g/mol. The van der Waals surface area contributed by atoms with Crippen molar-refractivity contribution < 1.29 is 14.6 Å². The van der Waals surface area contributed by atoms with Crippen LogP contribution < -0.4 is 4.74 Å². The molecule has 2 rings (SSSR count).